The van der Waals surface area contributed by atoms with Crippen molar-refractivity contribution in [2.24, 2.45) is 4.99 Å². The Morgan fingerprint density at radius 2 is 2.09 bits per heavy atom. The van der Waals surface area contributed by atoms with Crippen LogP contribution in [0.4, 0.5) is 0 Å². The largest absolute Gasteiger partial charge is 0.468 e. The average molecular weight is 320 g/mol. The Kier molecular flexibility index (Phi) is 5.13. The summed E-state index contributed by atoms with van der Waals surface area (Å²) in [5.41, 5.74) is 2.11. The Bertz CT molecular complexity index is 771. The molecule has 1 aromatic heterocycles. The van der Waals surface area contributed by atoms with Crippen LogP contribution in [0.25, 0.3) is 10.2 Å². The molecule has 22 heavy (non-hydrogen) atoms. The van der Waals surface area contributed by atoms with Crippen molar-refractivity contribution in [3.05, 3.63) is 28.6 Å². The molecule has 2 rings (SSSR count). The van der Waals surface area contributed by atoms with Gasteiger partial charge in [0, 0.05) is 6.42 Å². The molecule has 0 N–H and O–H groups in total. The van der Waals surface area contributed by atoms with Crippen LogP contribution in [-0.2, 0) is 20.9 Å². The monoisotopic (exact) mass is 320 g/mol. The zero-order valence-electron chi connectivity index (χ0n) is 13.3. The van der Waals surface area contributed by atoms with Gasteiger partial charge in [0.2, 0.25) is 5.91 Å². The first-order valence-electron chi connectivity index (χ1n) is 7.24. The van der Waals surface area contributed by atoms with E-state index in [4.69, 9.17) is 4.74 Å². The lowest BCUT2D eigenvalue weighted by Gasteiger charge is -2.06. The topological polar surface area (TPSA) is 60.7 Å². The van der Waals surface area contributed by atoms with E-state index >= 15 is 0 Å². The third-order valence-electron chi connectivity index (χ3n) is 3.41. The molecule has 1 amide bonds. The zero-order valence-corrected chi connectivity index (χ0v) is 14.1. The molecule has 0 unspecified atom stereocenters. The standard InChI is InChI=1S/C16H20N2O3S/c1-5-14(19)17-16-18(9-15(20)21-4)12-7-6-11(10(2)3)8-13(12)22-16/h6-8,10H,5,9H2,1-4H3. The molecule has 1 heterocycles. The van der Waals surface area contributed by atoms with Crippen LogP contribution in [0.3, 0.4) is 0 Å². The maximum absolute atomic E-state index is 11.7. The highest BCUT2D eigenvalue weighted by atomic mass is 32.1. The van der Waals surface area contributed by atoms with Crippen molar-refractivity contribution in [2.75, 3.05) is 7.11 Å². The van der Waals surface area contributed by atoms with Gasteiger partial charge in [-0.25, -0.2) is 0 Å². The normalized spacial score (nSPS) is 12.1. The molecule has 0 spiro atoms. The van der Waals surface area contributed by atoms with Gasteiger partial charge >= 0.3 is 5.97 Å². The van der Waals surface area contributed by atoms with Crippen LogP contribution in [0.1, 0.15) is 38.7 Å². The molecule has 6 heteroatoms. The number of nitrogens with zero attached hydrogens (tertiary/aromatic N) is 2. The summed E-state index contributed by atoms with van der Waals surface area (Å²) in [6.45, 7) is 6.07. The summed E-state index contributed by atoms with van der Waals surface area (Å²) < 4.78 is 7.49. The Labute approximate surface area is 133 Å². The highest BCUT2D eigenvalue weighted by Gasteiger charge is 2.12. The quantitative estimate of drug-likeness (QED) is 0.814. The van der Waals surface area contributed by atoms with Crippen LogP contribution < -0.4 is 4.80 Å². The summed E-state index contributed by atoms with van der Waals surface area (Å²) >= 11 is 1.42. The maximum atomic E-state index is 11.7. The second kappa shape index (κ2) is 6.87. The van der Waals surface area contributed by atoms with E-state index in [1.54, 1.807) is 11.5 Å². The van der Waals surface area contributed by atoms with Gasteiger partial charge < -0.3 is 9.30 Å². The van der Waals surface area contributed by atoms with E-state index in [0.29, 0.717) is 17.1 Å². The molecule has 0 bridgehead atoms. The van der Waals surface area contributed by atoms with Crippen molar-refractivity contribution in [1.29, 1.82) is 0 Å². The molecule has 5 nitrogen and oxygen atoms in total. The molecular formula is C16H20N2O3S. The molecule has 0 aliphatic rings. The number of esters is 1. The van der Waals surface area contributed by atoms with Crippen molar-refractivity contribution >= 4 is 33.4 Å². The number of fused-ring (bicyclic) bond motifs is 1. The van der Waals surface area contributed by atoms with Crippen LogP contribution in [0.15, 0.2) is 23.2 Å². The number of ether oxygens (including phenoxy) is 1. The Hall–Kier alpha value is -1.95. The summed E-state index contributed by atoms with van der Waals surface area (Å²) in [7, 11) is 1.35. The molecule has 1 aromatic carbocycles. The number of benzene rings is 1. The van der Waals surface area contributed by atoms with E-state index < -0.39 is 0 Å². The Morgan fingerprint density at radius 3 is 2.68 bits per heavy atom. The van der Waals surface area contributed by atoms with Gasteiger partial charge in [-0.3, -0.25) is 9.59 Å². The number of carbonyl (C=O) groups excluding carboxylic acids is 2. The van der Waals surface area contributed by atoms with Gasteiger partial charge in [0.05, 0.1) is 17.3 Å². The van der Waals surface area contributed by atoms with Crippen LogP contribution >= 0.6 is 11.3 Å². The smallest absolute Gasteiger partial charge is 0.325 e. The molecule has 0 radical (unpaired) electrons. The van der Waals surface area contributed by atoms with E-state index in [1.165, 1.54) is 24.0 Å². The third kappa shape index (κ3) is 3.44. The second-order valence-corrected chi connectivity index (χ2v) is 6.30. The fourth-order valence-electron chi connectivity index (χ4n) is 2.07. The van der Waals surface area contributed by atoms with E-state index in [1.807, 2.05) is 12.1 Å². The van der Waals surface area contributed by atoms with Crippen molar-refractivity contribution in [3.8, 4) is 0 Å². The van der Waals surface area contributed by atoms with E-state index in [2.05, 4.69) is 24.9 Å². The van der Waals surface area contributed by atoms with Gasteiger partial charge in [0.25, 0.3) is 0 Å². The van der Waals surface area contributed by atoms with E-state index in [9.17, 15) is 9.59 Å². The summed E-state index contributed by atoms with van der Waals surface area (Å²) in [5.74, 6) is -0.148. The Morgan fingerprint density at radius 1 is 1.36 bits per heavy atom. The minimum Gasteiger partial charge on any atom is -0.468 e. The van der Waals surface area contributed by atoms with Crippen molar-refractivity contribution < 1.29 is 14.3 Å². The average Bonchev–Trinajstić information content (AvgIpc) is 2.83. The van der Waals surface area contributed by atoms with Crippen LogP contribution in [0.2, 0.25) is 0 Å². The maximum Gasteiger partial charge on any atom is 0.325 e. The van der Waals surface area contributed by atoms with Crippen molar-refractivity contribution in [2.45, 2.75) is 39.7 Å². The van der Waals surface area contributed by atoms with Crippen molar-refractivity contribution in [1.82, 2.24) is 4.57 Å². The number of amides is 1. The fourth-order valence-corrected chi connectivity index (χ4v) is 3.16. The first kappa shape index (κ1) is 16.4. The zero-order chi connectivity index (χ0) is 16.3. The predicted molar refractivity (Wildman–Crippen MR) is 86.8 cm³/mol. The van der Waals surface area contributed by atoms with E-state index in [-0.39, 0.29) is 18.4 Å². The van der Waals surface area contributed by atoms with Gasteiger partial charge in [-0.2, -0.15) is 4.99 Å². The number of methoxy groups -OCH3 is 1. The molecule has 2 aromatic rings. The van der Waals surface area contributed by atoms with Gasteiger partial charge in [-0.15, -0.1) is 0 Å². The summed E-state index contributed by atoms with van der Waals surface area (Å²) in [4.78, 5) is 27.9. The number of carbonyl (C=O) groups is 2. The number of hydrogen-bond acceptors (Lipinski definition) is 4. The number of hydrogen-bond donors (Lipinski definition) is 0. The van der Waals surface area contributed by atoms with Gasteiger partial charge in [-0.05, 0) is 23.6 Å². The first-order valence-corrected chi connectivity index (χ1v) is 8.05. The predicted octanol–water partition coefficient (Wildman–Crippen LogP) is 2.84. The van der Waals surface area contributed by atoms with Crippen LogP contribution in [0.5, 0.6) is 0 Å². The second-order valence-electron chi connectivity index (χ2n) is 5.29. The summed E-state index contributed by atoms with van der Waals surface area (Å²) in [5, 5.41) is 0. The third-order valence-corrected chi connectivity index (χ3v) is 4.45. The summed E-state index contributed by atoms with van der Waals surface area (Å²) in [6.07, 6.45) is 0.337. The minimum atomic E-state index is -0.363. The fraction of sp³-hybridized carbons (Fsp3) is 0.438. The molecule has 0 aliphatic heterocycles. The molecule has 0 atom stereocenters. The molecule has 0 saturated heterocycles. The molecule has 0 saturated carbocycles. The van der Waals surface area contributed by atoms with Gasteiger partial charge in [-0.1, -0.05) is 38.2 Å². The van der Waals surface area contributed by atoms with Crippen molar-refractivity contribution in [3.63, 3.8) is 0 Å². The lowest BCUT2D eigenvalue weighted by atomic mass is 10.0. The van der Waals surface area contributed by atoms with Gasteiger partial charge in [0.15, 0.2) is 4.80 Å². The highest BCUT2D eigenvalue weighted by Crippen LogP contribution is 2.23. The SMILES string of the molecule is CCC(=O)N=c1sc2cc(C(C)C)ccc2n1CC(=O)OC. The van der Waals surface area contributed by atoms with Crippen LogP contribution in [0, 0.1) is 0 Å². The lowest BCUT2D eigenvalue weighted by Crippen LogP contribution is -2.22. The number of aromatic nitrogens is 1. The van der Waals surface area contributed by atoms with Crippen LogP contribution in [-0.4, -0.2) is 23.6 Å². The molecular weight excluding hydrogens is 300 g/mol. The molecule has 0 aliphatic carbocycles. The summed E-state index contributed by atoms with van der Waals surface area (Å²) in [6, 6.07) is 6.10. The van der Waals surface area contributed by atoms with E-state index in [0.717, 1.165) is 10.2 Å². The number of thiazole rings is 1. The molecule has 0 fully saturated rings. The highest BCUT2D eigenvalue weighted by molar-refractivity contribution is 7.16. The van der Waals surface area contributed by atoms with Gasteiger partial charge in [0.1, 0.15) is 6.54 Å². The molecule has 118 valence electrons. The number of rotatable bonds is 4. The minimum absolute atomic E-state index is 0.0490. The Balaban J connectivity index is 2.65. The first-order chi connectivity index (χ1) is 10.5. The lowest BCUT2D eigenvalue weighted by molar-refractivity contribution is -0.141.